The molecule has 1 aliphatic heterocycles. The zero-order chi connectivity index (χ0) is 15.0. The maximum atomic E-state index is 12.2. The molecule has 1 saturated heterocycles. The zero-order valence-corrected chi connectivity index (χ0v) is 13.5. The number of guanidine groups is 1. The molecule has 0 spiro atoms. The monoisotopic (exact) mass is 309 g/mol. The van der Waals surface area contributed by atoms with Gasteiger partial charge >= 0.3 is 7.75 Å². The van der Waals surface area contributed by atoms with E-state index in [1.54, 1.807) is 14.2 Å². The second kappa shape index (κ2) is 8.59. The third-order valence-corrected chi connectivity index (χ3v) is 4.36. The van der Waals surface area contributed by atoms with Crippen molar-refractivity contribution >= 4 is 13.7 Å². The third kappa shape index (κ3) is 4.71. The molecule has 1 fully saturated rings. The first-order valence-electron chi connectivity index (χ1n) is 6.39. The first kappa shape index (κ1) is 17.4. The Morgan fingerprint density at radius 1 is 1.00 bits per heavy atom. The van der Waals surface area contributed by atoms with Crippen LogP contribution in [0.3, 0.4) is 0 Å². The van der Waals surface area contributed by atoms with Crippen LogP contribution >= 0.6 is 7.75 Å². The van der Waals surface area contributed by atoms with Gasteiger partial charge in [0.25, 0.3) is 0 Å². The van der Waals surface area contributed by atoms with Crippen LogP contribution in [0.25, 0.3) is 0 Å². The molecule has 9 heteroatoms. The molecule has 8 nitrogen and oxygen atoms in total. The van der Waals surface area contributed by atoms with Crippen molar-refractivity contribution in [1.29, 1.82) is 0 Å². The third-order valence-electron chi connectivity index (χ3n) is 3.01. The number of methoxy groups -OCH3 is 2. The fourth-order valence-corrected chi connectivity index (χ4v) is 2.64. The van der Waals surface area contributed by atoms with Crippen molar-refractivity contribution in [3.8, 4) is 0 Å². The number of ether oxygens (including phenoxy) is 2. The van der Waals surface area contributed by atoms with Crippen LogP contribution in [0.5, 0.6) is 0 Å². The van der Waals surface area contributed by atoms with E-state index in [1.807, 2.05) is 9.80 Å². The summed E-state index contributed by atoms with van der Waals surface area (Å²) in [5.74, 6) is 0.603. The van der Waals surface area contributed by atoms with Gasteiger partial charge in [-0.25, -0.2) is 4.57 Å². The van der Waals surface area contributed by atoms with Crippen LogP contribution in [0.1, 0.15) is 0 Å². The van der Waals surface area contributed by atoms with Gasteiger partial charge in [0.05, 0.1) is 13.2 Å². The Balaban J connectivity index is 2.88. The van der Waals surface area contributed by atoms with E-state index in [-0.39, 0.29) is 0 Å². The summed E-state index contributed by atoms with van der Waals surface area (Å²) in [5.41, 5.74) is 0. The SMILES string of the molecule is COCCN1CCN(CCOC)C1=NP(=O)(OC)OC. The van der Waals surface area contributed by atoms with Crippen molar-refractivity contribution in [3.05, 3.63) is 0 Å². The van der Waals surface area contributed by atoms with Crippen LogP contribution in [0.15, 0.2) is 4.76 Å². The molecular formula is C11H24N3O5P. The molecule has 0 N–H and O–H groups in total. The Labute approximate surface area is 120 Å². The van der Waals surface area contributed by atoms with Gasteiger partial charge in [-0.1, -0.05) is 0 Å². The zero-order valence-electron chi connectivity index (χ0n) is 12.6. The summed E-state index contributed by atoms with van der Waals surface area (Å²) in [6, 6.07) is 0. The van der Waals surface area contributed by atoms with E-state index in [0.717, 1.165) is 13.1 Å². The van der Waals surface area contributed by atoms with Gasteiger partial charge in [-0.15, -0.1) is 4.76 Å². The molecule has 0 saturated carbocycles. The van der Waals surface area contributed by atoms with Crippen LogP contribution in [-0.2, 0) is 23.1 Å². The summed E-state index contributed by atoms with van der Waals surface area (Å²) < 4.78 is 36.3. The lowest BCUT2D eigenvalue weighted by atomic mass is 10.5. The Bertz CT molecular complexity index is 340. The Morgan fingerprint density at radius 3 is 1.80 bits per heavy atom. The molecule has 0 aromatic carbocycles. The fraction of sp³-hybridized carbons (Fsp3) is 0.909. The summed E-state index contributed by atoms with van der Waals surface area (Å²) in [7, 11) is 2.48. The molecular weight excluding hydrogens is 285 g/mol. The van der Waals surface area contributed by atoms with Crippen molar-refractivity contribution < 1.29 is 23.1 Å². The lowest BCUT2D eigenvalue weighted by molar-refractivity contribution is 0.176. The molecule has 0 unspecified atom stereocenters. The minimum Gasteiger partial charge on any atom is -0.383 e. The molecule has 1 rings (SSSR count). The molecule has 0 radical (unpaired) electrons. The van der Waals surface area contributed by atoms with E-state index in [0.29, 0.717) is 32.3 Å². The normalized spacial score (nSPS) is 16.1. The highest BCUT2D eigenvalue weighted by molar-refractivity contribution is 7.52. The molecule has 0 atom stereocenters. The van der Waals surface area contributed by atoms with Crippen molar-refractivity contribution in [2.24, 2.45) is 4.76 Å². The van der Waals surface area contributed by atoms with Gasteiger partial charge < -0.3 is 19.3 Å². The number of rotatable bonds is 9. The minimum atomic E-state index is -3.45. The van der Waals surface area contributed by atoms with E-state index in [4.69, 9.17) is 18.5 Å². The lowest BCUT2D eigenvalue weighted by Crippen LogP contribution is -2.37. The second-order valence-corrected chi connectivity index (χ2v) is 6.06. The van der Waals surface area contributed by atoms with Crippen LogP contribution in [0, 0.1) is 0 Å². The molecule has 118 valence electrons. The molecule has 0 aliphatic carbocycles. The van der Waals surface area contributed by atoms with Crippen molar-refractivity contribution in [1.82, 2.24) is 9.80 Å². The van der Waals surface area contributed by atoms with Crippen molar-refractivity contribution in [2.75, 3.05) is 67.8 Å². The van der Waals surface area contributed by atoms with E-state index in [9.17, 15) is 4.57 Å². The van der Waals surface area contributed by atoms with E-state index in [1.165, 1.54) is 14.2 Å². The van der Waals surface area contributed by atoms with E-state index in [2.05, 4.69) is 4.76 Å². The first-order valence-corrected chi connectivity index (χ1v) is 7.89. The fourth-order valence-electron chi connectivity index (χ4n) is 1.86. The van der Waals surface area contributed by atoms with Crippen LogP contribution in [0.2, 0.25) is 0 Å². The quantitative estimate of drug-likeness (QED) is 0.579. The average Bonchev–Trinajstić information content (AvgIpc) is 2.84. The smallest absolute Gasteiger partial charge is 0.383 e. The highest BCUT2D eigenvalue weighted by atomic mass is 31.2. The van der Waals surface area contributed by atoms with Gasteiger partial charge in [-0.05, 0) is 0 Å². The summed E-state index contributed by atoms with van der Waals surface area (Å²) in [4.78, 5) is 4.01. The maximum Gasteiger partial charge on any atom is 0.456 e. The molecule has 1 heterocycles. The molecule has 0 aromatic heterocycles. The molecule has 0 amide bonds. The summed E-state index contributed by atoms with van der Waals surface area (Å²) in [6.45, 7) is 4.07. The minimum absolute atomic E-state index is 0.571. The Morgan fingerprint density at radius 2 is 1.45 bits per heavy atom. The van der Waals surface area contributed by atoms with Crippen LogP contribution < -0.4 is 0 Å². The van der Waals surface area contributed by atoms with Gasteiger partial charge in [-0.3, -0.25) is 9.05 Å². The van der Waals surface area contributed by atoms with E-state index >= 15 is 0 Å². The topological polar surface area (TPSA) is 72.8 Å². The number of hydrogen-bond acceptors (Lipinski definition) is 5. The molecule has 0 bridgehead atoms. The number of nitrogens with zero attached hydrogens (tertiary/aromatic N) is 3. The summed E-state index contributed by atoms with van der Waals surface area (Å²) in [5, 5.41) is 0. The lowest BCUT2D eigenvalue weighted by Gasteiger charge is -2.24. The van der Waals surface area contributed by atoms with Crippen molar-refractivity contribution in [2.45, 2.75) is 0 Å². The van der Waals surface area contributed by atoms with Gasteiger partial charge in [0, 0.05) is 54.6 Å². The van der Waals surface area contributed by atoms with Crippen LogP contribution in [-0.4, -0.2) is 83.6 Å². The Kier molecular flexibility index (Phi) is 7.47. The second-order valence-electron chi connectivity index (χ2n) is 4.19. The highest BCUT2D eigenvalue weighted by Crippen LogP contribution is 2.48. The van der Waals surface area contributed by atoms with Crippen LogP contribution in [0.4, 0.5) is 0 Å². The largest absolute Gasteiger partial charge is 0.456 e. The highest BCUT2D eigenvalue weighted by Gasteiger charge is 2.31. The van der Waals surface area contributed by atoms with Gasteiger partial charge in [0.1, 0.15) is 0 Å². The predicted molar refractivity (Wildman–Crippen MR) is 76.0 cm³/mol. The first-order chi connectivity index (χ1) is 9.60. The Hall–Kier alpha value is -0.660. The summed E-state index contributed by atoms with van der Waals surface area (Å²) >= 11 is 0. The summed E-state index contributed by atoms with van der Waals surface area (Å²) in [6.07, 6.45) is 0. The number of hydrogen-bond donors (Lipinski definition) is 0. The standard InChI is InChI=1S/C11H24N3O5P/c1-16-9-7-13-5-6-14(8-10-17-2)11(13)12-20(15,18-3)19-4/h5-10H2,1-4H3. The van der Waals surface area contributed by atoms with Crippen molar-refractivity contribution in [3.63, 3.8) is 0 Å². The molecule has 0 aromatic rings. The average molecular weight is 309 g/mol. The maximum absolute atomic E-state index is 12.2. The predicted octanol–water partition coefficient (Wildman–Crippen LogP) is 0.654. The van der Waals surface area contributed by atoms with Gasteiger partial charge in [0.2, 0.25) is 5.96 Å². The van der Waals surface area contributed by atoms with Gasteiger partial charge in [-0.2, -0.15) is 0 Å². The van der Waals surface area contributed by atoms with Gasteiger partial charge in [0.15, 0.2) is 0 Å². The van der Waals surface area contributed by atoms with E-state index < -0.39 is 7.75 Å². The molecule has 1 aliphatic rings. The molecule has 20 heavy (non-hydrogen) atoms.